The van der Waals surface area contributed by atoms with Gasteiger partial charge >= 0.3 is 0 Å². The molecule has 1 atom stereocenters. The van der Waals surface area contributed by atoms with E-state index in [0.717, 1.165) is 18.8 Å². The molecule has 0 fully saturated rings. The second-order valence-electron chi connectivity index (χ2n) is 5.04. The van der Waals surface area contributed by atoms with Crippen molar-refractivity contribution < 1.29 is 0 Å². The minimum atomic E-state index is 0.428. The maximum absolute atomic E-state index is 4.36. The lowest BCUT2D eigenvalue weighted by Gasteiger charge is -2.10. The highest BCUT2D eigenvalue weighted by molar-refractivity contribution is 7.09. The Hall–Kier alpha value is -1.98. The van der Waals surface area contributed by atoms with Crippen molar-refractivity contribution in [2.45, 2.75) is 19.4 Å². The van der Waals surface area contributed by atoms with Crippen molar-refractivity contribution >= 4 is 11.3 Å². The monoisotopic (exact) mass is 298 g/mol. The molecule has 0 aliphatic carbocycles. The molecule has 0 amide bonds. The summed E-state index contributed by atoms with van der Waals surface area (Å²) in [6, 6.07) is 10.3. The van der Waals surface area contributed by atoms with Crippen LogP contribution in [0.25, 0.3) is 11.3 Å². The van der Waals surface area contributed by atoms with Gasteiger partial charge in [-0.25, -0.2) is 4.98 Å². The molecule has 0 aliphatic rings. The molecule has 1 aromatic carbocycles. The van der Waals surface area contributed by atoms with Crippen molar-refractivity contribution in [3.05, 3.63) is 58.7 Å². The summed E-state index contributed by atoms with van der Waals surface area (Å²) in [4.78, 5) is 4.36. The average Bonchev–Trinajstić information content (AvgIpc) is 3.20. The summed E-state index contributed by atoms with van der Waals surface area (Å²) in [5, 5.41) is 14.0. The predicted molar refractivity (Wildman–Crippen MR) is 86.3 cm³/mol. The van der Waals surface area contributed by atoms with Crippen LogP contribution >= 0.6 is 11.3 Å². The zero-order valence-corrected chi connectivity index (χ0v) is 12.7. The lowest BCUT2D eigenvalue weighted by Crippen LogP contribution is -2.19. The van der Waals surface area contributed by atoms with Crippen LogP contribution < -0.4 is 5.32 Å². The molecule has 0 aliphatic heterocycles. The van der Waals surface area contributed by atoms with Crippen LogP contribution in [0.4, 0.5) is 0 Å². The number of thiazole rings is 1. The van der Waals surface area contributed by atoms with Crippen molar-refractivity contribution in [1.29, 1.82) is 0 Å². The van der Waals surface area contributed by atoms with Crippen LogP contribution in [0, 0.1) is 0 Å². The van der Waals surface area contributed by atoms with Crippen molar-refractivity contribution in [2.24, 2.45) is 0 Å². The van der Waals surface area contributed by atoms with E-state index in [2.05, 4.69) is 39.6 Å². The molecular weight excluding hydrogens is 280 g/mol. The van der Waals surface area contributed by atoms with Crippen molar-refractivity contribution in [3.8, 4) is 11.3 Å². The van der Waals surface area contributed by atoms with Gasteiger partial charge < -0.3 is 5.32 Å². The number of nitrogens with one attached hydrogen (secondary N) is 2. The van der Waals surface area contributed by atoms with Gasteiger partial charge in [0, 0.05) is 36.1 Å². The fraction of sp³-hybridized carbons (Fsp3) is 0.250. The van der Waals surface area contributed by atoms with Gasteiger partial charge in [0.05, 0.1) is 16.9 Å². The molecule has 2 heterocycles. The Kier molecular flexibility index (Phi) is 4.43. The minimum absolute atomic E-state index is 0.428. The van der Waals surface area contributed by atoms with Crippen molar-refractivity contribution in [3.63, 3.8) is 0 Å². The van der Waals surface area contributed by atoms with Gasteiger partial charge in [0.25, 0.3) is 0 Å². The number of aromatic amines is 1. The van der Waals surface area contributed by atoms with Gasteiger partial charge in [-0.1, -0.05) is 37.3 Å². The molecule has 21 heavy (non-hydrogen) atoms. The second-order valence-corrected chi connectivity index (χ2v) is 5.96. The summed E-state index contributed by atoms with van der Waals surface area (Å²) in [6.07, 6.45) is 3.75. The molecule has 3 rings (SSSR count). The van der Waals surface area contributed by atoms with Gasteiger partial charge in [-0.15, -0.1) is 11.3 Å². The summed E-state index contributed by atoms with van der Waals surface area (Å²) in [5.74, 6) is 0.428. The first-order chi connectivity index (χ1) is 10.3. The zero-order chi connectivity index (χ0) is 14.5. The SMILES string of the molecule is CC(CNCc1cn[nH]c1-c1ccccc1)c1nccs1. The van der Waals surface area contributed by atoms with Gasteiger partial charge in [0.2, 0.25) is 0 Å². The predicted octanol–water partition coefficient (Wildman–Crippen LogP) is 3.43. The first-order valence-electron chi connectivity index (χ1n) is 7.02. The third-order valence-corrected chi connectivity index (χ3v) is 4.43. The van der Waals surface area contributed by atoms with Crippen LogP contribution in [0.1, 0.15) is 23.4 Å². The first kappa shape index (κ1) is 14.0. The number of hydrogen-bond donors (Lipinski definition) is 2. The molecule has 108 valence electrons. The van der Waals surface area contributed by atoms with Crippen LogP contribution in [0.15, 0.2) is 48.1 Å². The Bertz CT molecular complexity index is 661. The summed E-state index contributed by atoms with van der Waals surface area (Å²) < 4.78 is 0. The Labute approximate surface area is 128 Å². The lowest BCUT2D eigenvalue weighted by atomic mass is 10.1. The van der Waals surface area contributed by atoms with Gasteiger partial charge in [0.1, 0.15) is 0 Å². The fourth-order valence-corrected chi connectivity index (χ4v) is 2.99. The summed E-state index contributed by atoms with van der Waals surface area (Å²) in [5.41, 5.74) is 3.44. The molecule has 3 aromatic rings. The Morgan fingerprint density at radius 1 is 1.29 bits per heavy atom. The van der Waals surface area contributed by atoms with E-state index in [1.165, 1.54) is 16.1 Å². The van der Waals surface area contributed by atoms with Crippen molar-refractivity contribution in [1.82, 2.24) is 20.5 Å². The quantitative estimate of drug-likeness (QED) is 0.733. The topological polar surface area (TPSA) is 53.6 Å². The number of rotatable bonds is 6. The Balaban J connectivity index is 1.61. The fourth-order valence-electron chi connectivity index (χ4n) is 2.29. The molecule has 0 bridgehead atoms. The number of H-pyrrole nitrogens is 1. The van der Waals surface area contributed by atoms with E-state index in [1.807, 2.05) is 36.0 Å². The zero-order valence-electron chi connectivity index (χ0n) is 11.9. The molecule has 0 saturated heterocycles. The molecule has 2 aromatic heterocycles. The standard InChI is InChI=1S/C16H18N4S/c1-12(16-18-7-8-21-16)9-17-10-14-11-19-20-15(14)13-5-3-2-4-6-13/h2-8,11-12,17H,9-10H2,1H3,(H,19,20). The van der Waals surface area contributed by atoms with Crippen LogP contribution in [-0.2, 0) is 6.54 Å². The summed E-state index contributed by atoms with van der Waals surface area (Å²) >= 11 is 1.71. The smallest absolute Gasteiger partial charge is 0.0965 e. The van der Waals surface area contributed by atoms with Crippen molar-refractivity contribution in [2.75, 3.05) is 6.54 Å². The van der Waals surface area contributed by atoms with E-state index in [-0.39, 0.29) is 0 Å². The van der Waals surface area contributed by atoms with E-state index >= 15 is 0 Å². The maximum Gasteiger partial charge on any atom is 0.0965 e. The maximum atomic E-state index is 4.36. The largest absolute Gasteiger partial charge is 0.312 e. The van der Waals surface area contributed by atoms with E-state index in [4.69, 9.17) is 0 Å². The highest BCUT2D eigenvalue weighted by Crippen LogP contribution is 2.21. The van der Waals surface area contributed by atoms with E-state index in [0.29, 0.717) is 5.92 Å². The third kappa shape index (κ3) is 3.37. The van der Waals surface area contributed by atoms with Gasteiger partial charge in [-0.05, 0) is 5.56 Å². The molecular formula is C16H18N4S. The number of hydrogen-bond acceptors (Lipinski definition) is 4. The highest BCUT2D eigenvalue weighted by Gasteiger charge is 2.10. The summed E-state index contributed by atoms with van der Waals surface area (Å²) in [7, 11) is 0. The molecule has 4 nitrogen and oxygen atoms in total. The molecule has 2 N–H and O–H groups in total. The minimum Gasteiger partial charge on any atom is -0.312 e. The van der Waals surface area contributed by atoms with E-state index in [9.17, 15) is 0 Å². The molecule has 5 heteroatoms. The lowest BCUT2D eigenvalue weighted by molar-refractivity contribution is 0.613. The number of nitrogens with zero attached hydrogens (tertiary/aromatic N) is 2. The average molecular weight is 298 g/mol. The summed E-state index contributed by atoms with van der Waals surface area (Å²) in [6.45, 7) is 3.91. The number of benzene rings is 1. The van der Waals surface area contributed by atoms with Crippen LogP contribution in [-0.4, -0.2) is 21.7 Å². The number of aromatic nitrogens is 3. The second kappa shape index (κ2) is 6.65. The third-order valence-electron chi connectivity index (χ3n) is 3.42. The van der Waals surface area contributed by atoms with Crippen LogP contribution in [0.2, 0.25) is 0 Å². The molecule has 0 spiro atoms. The van der Waals surface area contributed by atoms with Gasteiger partial charge in [-0.2, -0.15) is 5.10 Å². The molecule has 1 unspecified atom stereocenters. The normalized spacial score (nSPS) is 12.4. The van der Waals surface area contributed by atoms with Crippen LogP contribution in [0.3, 0.4) is 0 Å². The highest BCUT2D eigenvalue weighted by atomic mass is 32.1. The Morgan fingerprint density at radius 3 is 2.90 bits per heavy atom. The van der Waals surface area contributed by atoms with E-state index in [1.54, 1.807) is 11.3 Å². The molecule has 0 saturated carbocycles. The Morgan fingerprint density at radius 2 is 2.14 bits per heavy atom. The van der Waals surface area contributed by atoms with Gasteiger partial charge in [0.15, 0.2) is 0 Å². The van der Waals surface area contributed by atoms with Crippen LogP contribution in [0.5, 0.6) is 0 Å². The first-order valence-corrected chi connectivity index (χ1v) is 7.90. The van der Waals surface area contributed by atoms with E-state index < -0.39 is 0 Å². The molecule has 0 radical (unpaired) electrons. The van der Waals surface area contributed by atoms with Gasteiger partial charge in [-0.3, -0.25) is 5.10 Å².